The topological polar surface area (TPSA) is 44.7 Å². The Morgan fingerprint density at radius 3 is 2.83 bits per heavy atom. The van der Waals surface area contributed by atoms with Gasteiger partial charge in [-0.15, -0.1) is 0 Å². The first-order valence-electron chi connectivity index (χ1n) is 7.43. The lowest BCUT2D eigenvalue weighted by atomic mass is 9.90. The quantitative estimate of drug-likeness (QED) is 0.770. The molecule has 3 unspecified atom stereocenters. The maximum Gasteiger partial charge on any atom is 0.0730 e. The first-order chi connectivity index (χ1) is 8.70. The lowest BCUT2D eigenvalue weighted by molar-refractivity contribution is -0.0914. The summed E-state index contributed by atoms with van der Waals surface area (Å²) in [7, 11) is 0. The van der Waals surface area contributed by atoms with Crippen LogP contribution < -0.4 is 5.32 Å². The summed E-state index contributed by atoms with van der Waals surface area (Å²) in [4.78, 5) is 2.53. The molecule has 0 radical (unpaired) electrons. The molecule has 2 N–H and O–H groups in total. The zero-order valence-electron chi connectivity index (χ0n) is 11.8. The van der Waals surface area contributed by atoms with Crippen molar-refractivity contribution < 1.29 is 9.84 Å². The van der Waals surface area contributed by atoms with Crippen LogP contribution in [0.4, 0.5) is 0 Å². The Morgan fingerprint density at radius 2 is 2.11 bits per heavy atom. The van der Waals surface area contributed by atoms with E-state index in [9.17, 15) is 5.11 Å². The Labute approximate surface area is 111 Å². The molecule has 1 heterocycles. The molecular weight excluding hydrogens is 228 g/mol. The molecule has 1 saturated heterocycles. The molecule has 1 aliphatic heterocycles. The SMILES string of the molecule is CC(C)NC(CO)CN1CCOC2CCCCC21. The van der Waals surface area contributed by atoms with E-state index >= 15 is 0 Å². The van der Waals surface area contributed by atoms with Crippen molar-refractivity contribution in [3.8, 4) is 0 Å². The number of fused-ring (bicyclic) bond motifs is 1. The van der Waals surface area contributed by atoms with Gasteiger partial charge in [0, 0.05) is 31.2 Å². The van der Waals surface area contributed by atoms with Gasteiger partial charge in [-0.1, -0.05) is 26.7 Å². The van der Waals surface area contributed by atoms with E-state index < -0.39 is 0 Å². The van der Waals surface area contributed by atoms with Gasteiger partial charge in [0.2, 0.25) is 0 Å². The monoisotopic (exact) mass is 256 g/mol. The molecule has 4 heteroatoms. The molecule has 0 bridgehead atoms. The molecule has 1 saturated carbocycles. The molecule has 2 rings (SSSR count). The van der Waals surface area contributed by atoms with Gasteiger partial charge in [-0.05, 0) is 12.8 Å². The summed E-state index contributed by atoms with van der Waals surface area (Å²) in [6.07, 6.45) is 5.53. The average molecular weight is 256 g/mol. The molecule has 0 aromatic carbocycles. The van der Waals surface area contributed by atoms with E-state index in [0.717, 1.165) is 19.7 Å². The summed E-state index contributed by atoms with van der Waals surface area (Å²) >= 11 is 0. The molecular formula is C14H28N2O2. The Balaban J connectivity index is 1.89. The Kier molecular flexibility index (Phi) is 5.42. The largest absolute Gasteiger partial charge is 0.395 e. The molecule has 0 aromatic heterocycles. The number of aliphatic hydroxyl groups is 1. The van der Waals surface area contributed by atoms with Crippen molar-refractivity contribution in [1.82, 2.24) is 10.2 Å². The standard InChI is InChI=1S/C14H28N2O2/c1-11(2)15-12(10-17)9-16-7-8-18-14-6-4-3-5-13(14)16/h11-15,17H,3-10H2,1-2H3. The summed E-state index contributed by atoms with van der Waals surface area (Å²) < 4.78 is 5.88. The van der Waals surface area contributed by atoms with Crippen LogP contribution in [-0.4, -0.2) is 60.5 Å². The number of rotatable bonds is 5. The summed E-state index contributed by atoms with van der Waals surface area (Å²) in [5, 5.41) is 12.9. The second kappa shape index (κ2) is 6.85. The Hall–Kier alpha value is -0.160. The number of morpholine rings is 1. The van der Waals surface area contributed by atoms with Gasteiger partial charge in [-0.3, -0.25) is 4.90 Å². The molecule has 1 aliphatic carbocycles. The molecule has 2 fully saturated rings. The van der Waals surface area contributed by atoms with Crippen molar-refractivity contribution in [2.75, 3.05) is 26.3 Å². The first-order valence-corrected chi connectivity index (χ1v) is 7.43. The molecule has 18 heavy (non-hydrogen) atoms. The van der Waals surface area contributed by atoms with Gasteiger partial charge in [-0.2, -0.15) is 0 Å². The van der Waals surface area contributed by atoms with Crippen molar-refractivity contribution in [2.45, 2.75) is 63.8 Å². The van der Waals surface area contributed by atoms with Gasteiger partial charge in [0.1, 0.15) is 0 Å². The highest BCUT2D eigenvalue weighted by molar-refractivity contribution is 4.89. The van der Waals surface area contributed by atoms with Gasteiger partial charge in [0.15, 0.2) is 0 Å². The number of hydrogen-bond donors (Lipinski definition) is 2. The van der Waals surface area contributed by atoms with Crippen molar-refractivity contribution in [2.24, 2.45) is 0 Å². The highest BCUT2D eigenvalue weighted by Crippen LogP contribution is 2.28. The van der Waals surface area contributed by atoms with Crippen molar-refractivity contribution >= 4 is 0 Å². The molecule has 4 nitrogen and oxygen atoms in total. The number of ether oxygens (including phenoxy) is 1. The number of nitrogens with one attached hydrogen (secondary N) is 1. The van der Waals surface area contributed by atoms with Crippen LogP contribution in [-0.2, 0) is 4.74 Å². The summed E-state index contributed by atoms with van der Waals surface area (Å²) in [6, 6.07) is 1.19. The zero-order chi connectivity index (χ0) is 13.0. The van der Waals surface area contributed by atoms with Crippen LogP contribution in [0.1, 0.15) is 39.5 Å². The minimum atomic E-state index is 0.186. The minimum Gasteiger partial charge on any atom is -0.395 e. The number of nitrogens with zero attached hydrogens (tertiary/aromatic N) is 1. The van der Waals surface area contributed by atoms with Crippen molar-refractivity contribution in [3.63, 3.8) is 0 Å². The molecule has 106 valence electrons. The second-order valence-corrected chi connectivity index (χ2v) is 5.96. The van der Waals surface area contributed by atoms with E-state index in [4.69, 9.17) is 4.74 Å². The van der Waals surface area contributed by atoms with E-state index in [1.807, 2.05) is 0 Å². The molecule has 0 spiro atoms. The van der Waals surface area contributed by atoms with Gasteiger partial charge in [0.25, 0.3) is 0 Å². The summed E-state index contributed by atoms with van der Waals surface area (Å²) in [5.41, 5.74) is 0. The van der Waals surface area contributed by atoms with Crippen molar-refractivity contribution in [1.29, 1.82) is 0 Å². The fourth-order valence-electron chi connectivity index (χ4n) is 3.32. The lowest BCUT2D eigenvalue weighted by Crippen LogP contribution is -2.57. The predicted octanol–water partition coefficient (Wildman–Crippen LogP) is 0.989. The highest BCUT2D eigenvalue weighted by Gasteiger charge is 2.34. The third kappa shape index (κ3) is 3.67. The van der Waals surface area contributed by atoms with E-state index in [2.05, 4.69) is 24.1 Å². The van der Waals surface area contributed by atoms with Gasteiger partial charge in [0.05, 0.1) is 19.3 Å². The fraction of sp³-hybridized carbons (Fsp3) is 1.00. The average Bonchev–Trinajstić information content (AvgIpc) is 2.38. The number of aliphatic hydroxyl groups excluding tert-OH is 1. The maximum absolute atomic E-state index is 9.48. The molecule has 3 atom stereocenters. The van der Waals surface area contributed by atoms with Crippen LogP contribution in [0.2, 0.25) is 0 Å². The lowest BCUT2D eigenvalue weighted by Gasteiger charge is -2.45. The molecule has 0 amide bonds. The van der Waals surface area contributed by atoms with Crippen LogP contribution in [0.5, 0.6) is 0 Å². The maximum atomic E-state index is 9.48. The molecule has 0 aromatic rings. The van der Waals surface area contributed by atoms with Crippen LogP contribution in [0, 0.1) is 0 Å². The normalized spacial score (nSPS) is 31.3. The van der Waals surface area contributed by atoms with Crippen LogP contribution in [0.25, 0.3) is 0 Å². The van der Waals surface area contributed by atoms with E-state index in [-0.39, 0.29) is 12.6 Å². The van der Waals surface area contributed by atoms with Crippen LogP contribution >= 0.6 is 0 Å². The number of hydrogen-bond acceptors (Lipinski definition) is 4. The fourth-order valence-corrected chi connectivity index (χ4v) is 3.32. The smallest absolute Gasteiger partial charge is 0.0730 e. The second-order valence-electron chi connectivity index (χ2n) is 5.96. The van der Waals surface area contributed by atoms with E-state index in [1.54, 1.807) is 0 Å². The van der Waals surface area contributed by atoms with Gasteiger partial charge in [-0.25, -0.2) is 0 Å². The Bertz CT molecular complexity index is 246. The summed E-state index contributed by atoms with van der Waals surface area (Å²) in [5.74, 6) is 0. The highest BCUT2D eigenvalue weighted by atomic mass is 16.5. The van der Waals surface area contributed by atoms with Crippen molar-refractivity contribution in [3.05, 3.63) is 0 Å². The third-order valence-corrected chi connectivity index (χ3v) is 4.09. The minimum absolute atomic E-state index is 0.186. The van der Waals surface area contributed by atoms with Gasteiger partial charge < -0.3 is 15.2 Å². The first kappa shape index (κ1) is 14.3. The molecule has 2 aliphatic rings. The third-order valence-electron chi connectivity index (χ3n) is 4.09. The summed E-state index contributed by atoms with van der Waals surface area (Å²) in [6.45, 7) is 7.28. The van der Waals surface area contributed by atoms with E-state index in [1.165, 1.54) is 25.7 Å². The Morgan fingerprint density at radius 1 is 1.33 bits per heavy atom. The predicted molar refractivity (Wildman–Crippen MR) is 72.7 cm³/mol. The van der Waals surface area contributed by atoms with Crippen LogP contribution in [0.3, 0.4) is 0 Å². The van der Waals surface area contributed by atoms with Crippen LogP contribution in [0.15, 0.2) is 0 Å². The zero-order valence-corrected chi connectivity index (χ0v) is 11.8. The van der Waals surface area contributed by atoms with E-state index in [0.29, 0.717) is 18.2 Å². The van der Waals surface area contributed by atoms with Gasteiger partial charge >= 0.3 is 0 Å².